The number of methoxy groups -OCH3 is 1. The highest BCUT2D eigenvalue weighted by molar-refractivity contribution is 7.92. The number of amides is 1. The standard InChI is InChI=1S/C21H21N3O5S/c1-28-19-4-2-3-17(13-19)24-30(26,27)20-7-5-18(6-8-20)29-15-21(25)23-14-16-9-11-22-12-10-16/h2-13,24H,14-15H2,1H3,(H,23,25). The molecule has 1 heterocycles. The molecule has 2 N–H and O–H groups in total. The van der Waals surface area contributed by atoms with Gasteiger partial charge < -0.3 is 14.8 Å². The maximum atomic E-state index is 12.5. The third-order valence-corrected chi connectivity index (χ3v) is 5.46. The maximum Gasteiger partial charge on any atom is 0.261 e. The number of hydrogen-bond donors (Lipinski definition) is 2. The topological polar surface area (TPSA) is 107 Å². The number of carbonyl (C=O) groups excluding carboxylic acids is 1. The number of nitrogens with one attached hydrogen (secondary N) is 2. The van der Waals surface area contributed by atoms with Crippen LogP contribution in [0.5, 0.6) is 11.5 Å². The van der Waals surface area contributed by atoms with E-state index in [-0.39, 0.29) is 17.4 Å². The molecule has 0 fully saturated rings. The van der Waals surface area contributed by atoms with Crippen LogP contribution in [0.4, 0.5) is 5.69 Å². The van der Waals surface area contributed by atoms with Gasteiger partial charge in [0.15, 0.2) is 6.61 Å². The van der Waals surface area contributed by atoms with Crippen LogP contribution in [0.2, 0.25) is 0 Å². The molecule has 3 aromatic rings. The number of pyridine rings is 1. The van der Waals surface area contributed by atoms with Crippen LogP contribution in [0.15, 0.2) is 78.0 Å². The van der Waals surface area contributed by atoms with Crippen LogP contribution in [0, 0.1) is 0 Å². The van der Waals surface area contributed by atoms with E-state index in [0.717, 1.165) is 5.56 Å². The van der Waals surface area contributed by atoms with E-state index in [1.165, 1.54) is 31.4 Å². The number of rotatable bonds is 9. The molecular weight excluding hydrogens is 406 g/mol. The van der Waals surface area contributed by atoms with Gasteiger partial charge in [0.25, 0.3) is 15.9 Å². The lowest BCUT2D eigenvalue weighted by atomic mass is 10.3. The fraction of sp³-hybridized carbons (Fsp3) is 0.143. The summed E-state index contributed by atoms with van der Waals surface area (Å²) in [5, 5.41) is 2.73. The zero-order valence-electron chi connectivity index (χ0n) is 16.2. The fourth-order valence-corrected chi connectivity index (χ4v) is 3.57. The Morgan fingerprint density at radius 1 is 1.00 bits per heavy atom. The van der Waals surface area contributed by atoms with Crippen molar-refractivity contribution in [3.63, 3.8) is 0 Å². The van der Waals surface area contributed by atoms with Crippen molar-refractivity contribution in [2.24, 2.45) is 0 Å². The summed E-state index contributed by atoms with van der Waals surface area (Å²) in [5.41, 5.74) is 1.32. The fourth-order valence-electron chi connectivity index (χ4n) is 2.52. The number of hydrogen-bond acceptors (Lipinski definition) is 6. The predicted octanol–water partition coefficient (Wildman–Crippen LogP) is 2.59. The lowest BCUT2D eigenvalue weighted by Gasteiger charge is -2.11. The second kappa shape index (κ2) is 9.75. The largest absolute Gasteiger partial charge is 0.497 e. The summed E-state index contributed by atoms with van der Waals surface area (Å²) in [6.45, 7) is 0.192. The molecule has 9 heteroatoms. The highest BCUT2D eigenvalue weighted by Crippen LogP contribution is 2.22. The molecule has 2 aromatic carbocycles. The van der Waals surface area contributed by atoms with Crippen molar-refractivity contribution in [3.8, 4) is 11.5 Å². The van der Waals surface area contributed by atoms with E-state index < -0.39 is 10.0 Å². The van der Waals surface area contributed by atoms with Crippen molar-refractivity contribution < 1.29 is 22.7 Å². The maximum absolute atomic E-state index is 12.5. The minimum Gasteiger partial charge on any atom is -0.497 e. The molecule has 0 aliphatic heterocycles. The molecule has 8 nitrogen and oxygen atoms in total. The van der Waals surface area contributed by atoms with Crippen LogP contribution < -0.4 is 19.5 Å². The summed E-state index contributed by atoms with van der Waals surface area (Å²) in [7, 11) is -2.27. The van der Waals surface area contributed by atoms with Crippen LogP contribution in [-0.2, 0) is 21.4 Å². The third-order valence-electron chi connectivity index (χ3n) is 4.06. The van der Waals surface area contributed by atoms with E-state index in [1.807, 2.05) is 0 Å². The zero-order chi connectivity index (χ0) is 21.4. The van der Waals surface area contributed by atoms with Crippen LogP contribution in [0.25, 0.3) is 0 Å². The van der Waals surface area contributed by atoms with E-state index in [0.29, 0.717) is 23.7 Å². The molecule has 0 aliphatic carbocycles. The Balaban J connectivity index is 1.54. The van der Waals surface area contributed by atoms with E-state index in [9.17, 15) is 13.2 Å². The van der Waals surface area contributed by atoms with Crippen LogP contribution >= 0.6 is 0 Å². The van der Waals surface area contributed by atoms with Crippen molar-refractivity contribution in [1.29, 1.82) is 0 Å². The molecule has 1 aromatic heterocycles. The molecule has 0 atom stereocenters. The first-order valence-electron chi connectivity index (χ1n) is 9.01. The zero-order valence-corrected chi connectivity index (χ0v) is 17.1. The summed E-state index contributed by atoms with van der Waals surface area (Å²) in [6.07, 6.45) is 3.30. The van der Waals surface area contributed by atoms with Gasteiger partial charge in [0.2, 0.25) is 0 Å². The Bertz CT molecular complexity index is 1090. The Morgan fingerprint density at radius 2 is 1.73 bits per heavy atom. The highest BCUT2D eigenvalue weighted by atomic mass is 32.2. The summed E-state index contributed by atoms with van der Waals surface area (Å²) in [6, 6.07) is 16.0. The van der Waals surface area contributed by atoms with Gasteiger partial charge >= 0.3 is 0 Å². The minimum atomic E-state index is -3.77. The molecule has 0 radical (unpaired) electrons. The quantitative estimate of drug-likeness (QED) is 0.544. The normalized spacial score (nSPS) is 10.8. The SMILES string of the molecule is COc1cccc(NS(=O)(=O)c2ccc(OCC(=O)NCc3ccncc3)cc2)c1. The van der Waals surface area contributed by atoms with Gasteiger partial charge in [-0.2, -0.15) is 0 Å². The Kier molecular flexibility index (Phi) is 6.87. The van der Waals surface area contributed by atoms with Gasteiger partial charge in [-0.3, -0.25) is 14.5 Å². The third kappa shape index (κ3) is 5.95. The number of nitrogens with zero attached hydrogens (tertiary/aromatic N) is 1. The van der Waals surface area contributed by atoms with Crippen molar-refractivity contribution in [3.05, 3.63) is 78.6 Å². The summed E-state index contributed by atoms with van der Waals surface area (Å²) in [5.74, 6) is 0.638. The summed E-state index contributed by atoms with van der Waals surface area (Å²) < 4.78 is 38.1. The molecule has 0 saturated carbocycles. The molecule has 0 spiro atoms. The van der Waals surface area contributed by atoms with Crippen LogP contribution in [0.3, 0.4) is 0 Å². The molecule has 0 saturated heterocycles. The van der Waals surface area contributed by atoms with E-state index in [1.54, 1.807) is 48.8 Å². The monoisotopic (exact) mass is 427 g/mol. The molecular formula is C21H21N3O5S. The van der Waals surface area contributed by atoms with Gasteiger partial charge in [-0.1, -0.05) is 6.07 Å². The first-order valence-corrected chi connectivity index (χ1v) is 10.5. The Hall–Kier alpha value is -3.59. The lowest BCUT2D eigenvalue weighted by Crippen LogP contribution is -2.28. The lowest BCUT2D eigenvalue weighted by molar-refractivity contribution is -0.123. The Morgan fingerprint density at radius 3 is 2.43 bits per heavy atom. The smallest absolute Gasteiger partial charge is 0.261 e. The number of ether oxygens (including phenoxy) is 2. The van der Waals surface area contributed by atoms with E-state index in [4.69, 9.17) is 9.47 Å². The predicted molar refractivity (Wildman–Crippen MR) is 112 cm³/mol. The molecule has 156 valence electrons. The molecule has 0 bridgehead atoms. The molecule has 1 amide bonds. The average molecular weight is 427 g/mol. The number of benzene rings is 2. The van der Waals surface area contributed by atoms with E-state index in [2.05, 4.69) is 15.0 Å². The minimum absolute atomic E-state index is 0.0693. The second-order valence-corrected chi connectivity index (χ2v) is 7.91. The van der Waals surface area contributed by atoms with Crippen molar-refractivity contribution in [2.45, 2.75) is 11.4 Å². The van der Waals surface area contributed by atoms with Gasteiger partial charge in [-0.05, 0) is 54.1 Å². The van der Waals surface area contributed by atoms with Gasteiger partial charge in [0, 0.05) is 25.0 Å². The second-order valence-electron chi connectivity index (χ2n) is 6.23. The van der Waals surface area contributed by atoms with Crippen LogP contribution in [-0.4, -0.2) is 33.0 Å². The van der Waals surface area contributed by atoms with Gasteiger partial charge in [0.1, 0.15) is 11.5 Å². The van der Waals surface area contributed by atoms with Gasteiger partial charge in [-0.15, -0.1) is 0 Å². The van der Waals surface area contributed by atoms with Crippen molar-refractivity contribution >= 4 is 21.6 Å². The first kappa shape index (κ1) is 21.1. The summed E-state index contributed by atoms with van der Waals surface area (Å²) in [4.78, 5) is 15.9. The van der Waals surface area contributed by atoms with Crippen molar-refractivity contribution in [1.82, 2.24) is 10.3 Å². The highest BCUT2D eigenvalue weighted by Gasteiger charge is 2.15. The first-order chi connectivity index (χ1) is 14.5. The van der Waals surface area contributed by atoms with Crippen LogP contribution in [0.1, 0.15) is 5.56 Å². The summed E-state index contributed by atoms with van der Waals surface area (Å²) >= 11 is 0. The Labute approximate surface area is 174 Å². The molecule has 0 unspecified atom stereocenters. The number of anilines is 1. The van der Waals surface area contributed by atoms with Crippen molar-refractivity contribution in [2.75, 3.05) is 18.4 Å². The molecule has 30 heavy (non-hydrogen) atoms. The average Bonchev–Trinajstić information content (AvgIpc) is 2.77. The molecule has 0 aliphatic rings. The number of aromatic nitrogens is 1. The van der Waals surface area contributed by atoms with Gasteiger partial charge in [-0.25, -0.2) is 8.42 Å². The number of sulfonamides is 1. The number of carbonyl (C=O) groups is 1. The van der Waals surface area contributed by atoms with E-state index >= 15 is 0 Å². The molecule has 3 rings (SSSR count). The van der Waals surface area contributed by atoms with Gasteiger partial charge in [0.05, 0.1) is 17.7 Å².